The van der Waals surface area contributed by atoms with E-state index < -0.39 is 0 Å². The zero-order valence-corrected chi connectivity index (χ0v) is 11.0. The molecule has 0 radical (unpaired) electrons. The number of likely N-dealkylation sites (N-methyl/N-ethyl adjacent to an activating group) is 1. The van der Waals surface area contributed by atoms with Crippen molar-refractivity contribution in [3.63, 3.8) is 0 Å². The van der Waals surface area contributed by atoms with E-state index in [4.69, 9.17) is 10.3 Å². The maximum absolute atomic E-state index is 5.98. The van der Waals surface area contributed by atoms with Gasteiger partial charge in [-0.25, -0.2) is 0 Å². The van der Waals surface area contributed by atoms with Crippen LogP contribution in [-0.2, 0) is 0 Å². The van der Waals surface area contributed by atoms with E-state index in [1.54, 1.807) is 11.3 Å². The van der Waals surface area contributed by atoms with E-state index in [-0.39, 0.29) is 6.04 Å². The van der Waals surface area contributed by atoms with Gasteiger partial charge in [0.1, 0.15) is 0 Å². The van der Waals surface area contributed by atoms with Crippen LogP contribution in [0.15, 0.2) is 15.3 Å². The Bertz CT molecular complexity index is 491. The number of hydrogen-bond donors (Lipinski definition) is 1. The minimum absolute atomic E-state index is 0.221. The van der Waals surface area contributed by atoms with Gasteiger partial charge in [-0.2, -0.15) is 16.3 Å². The van der Waals surface area contributed by atoms with E-state index in [2.05, 4.69) is 15.5 Å². The molecule has 0 saturated heterocycles. The maximum Gasteiger partial charge on any atom is 0.259 e. The van der Waals surface area contributed by atoms with Crippen LogP contribution in [0.25, 0.3) is 11.5 Å². The molecule has 17 heavy (non-hydrogen) atoms. The van der Waals surface area contributed by atoms with Crippen molar-refractivity contribution in [3.8, 4) is 11.5 Å². The predicted octanol–water partition coefficient (Wildman–Crippen LogP) is 1.67. The van der Waals surface area contributed by atoms with Crippen LogP contribution in [0.1, 0.15) is 17.4 Å². The number of nitrogens with zero attached hydrogens (tertiary/aromatic N) is 3. The molecule has 1 atom stereocenters. The first-order valence-corrected chi connectivity index (χ1v) is 6.29. The summed E-state index contributed by atoms with van der Waals surface area (Å²) in [6, 6.07) is -0.221. The molecule has 0 aromatic carbocycles. The average Bonchev–Trinajstić information content (AvgIpc) is 2.84. The molecular weight excluding hydrogens is 236 g/mol. The number of rotatable bonds is 4. The number of nitrogens with two attached hydrogens (primary N) is 1. The first-order valence-electron chi connectivity index (χ1n) is 5.35. The minimum Gasteiger partial charge on any atom is -0.334 e. The van der Waals surface area contributed by atoms with Gasteiger partial charge in [0.2, 0.25) is 0 Å². The van der Waals surface area contributed by atoms with Crippen LogP contribution in [0.5, 0.6) is 0 Å². The monoisotopic (exact) mass is 252 g/mol. The van der Waals surface area contributed by atoms with Crippen molar-refractivity contribution in [3.05, 3.63) is 22.1 Å². The van der Waals surface area contributed by atoms with Gasteiger partial charge >= 0.3 is 0 Å². The zero-order valence-electron chi connectivity index (χ0n) is 10.2. The summed E-state index contributed by atoms with van der Waals surface area (Å²) in [6.45, 7) is 2.72. The molecule has 0 aliphatic carbocycles. The molecule has 0 amide bonds. The average molecular weight is 252 g/mol. The highest BCUT2D eigenvalue weighted by molar-refractivity contribution is 7.08. The molecule has 0 aliphatic rings. The molecule has 0 bridgehead atoms. The Morgan fingerprint density at radius 3 is 2.82 bits per heavy atom. The van der Waals surface area contributed by atoms with Crippen LogP contribution in [0, 0.1) is 6.92 Å². The van der Waals surface area contributed by atoms with Crippen molar-refractivity contribution < 1.29 is 4.52 Å². The smallest absolute Gasteiger partial charge is 0.259 e. The van der Waals surface area contributed by atoms with Gasteiger partial charge < -0.3 is 15.2 Å². The van der Waals surface area contributed by atoms with Crippen LogP contribution in [0.2, 0.25) is 0 Å². The number of hydrogen-bond acceptors (Lipinski definition) is 6. The second-order valence-corrected chi connectivity index (χ2v) is 5.04. The Labute approximate surface area is 104 Å². The molecule has 2 aromatic heterocycles. The fourth-order valence-electron chi connectivity index (χ4n) is 1.55. The lowest BCUT2D eigenvalue weighted by atomic mass is 10.2. The Hall–Kier alpha value is -1.24. The second kappa shape index (κ2) is 4.95. The third-order valence-electron chi connectivity index (χ3n) is 2.42. The van der Waals surface area contributed by atoms with Crippen molar-refractivity contribution in [1.82, 2.24) is 15.0 Å². The number of aromatic nitrogens is 2. The van der Waals surface area contributed by atoms with Gasteiger partial charge in [0, 0.05) is 11.9 Å². The molecule has 6 heteroatoms. The quantitative estimate of drug-likeness (QED) is 0.896. The zero-order chi connectivity index (χ0) is 12.4. The summed E-state index contributed by atoms with van der Waals surface area (Å²) in [5.74, 6) is 1.10. The SMILES string of the molecule is Cc1cscc1-c1nc(C(N)CN(C)C)no1. The van der Waals surface area contributed by atoms with Gasteiger partial charge in [-0.05, 0) is 32.0 Å². The summed E-state index contributed by atoms with van der Waals surface area (Å²) in [6.07, 6.45) is 0. The minimum atomic E-state index is -0.221. The lowest BCUT2D eigenvalue weighted by molar-refractivity contribution is 0.357. The molecule has 92 valence electrons. The van der Waals surface area contributed by atoms with Gasteiger partial charge in [0.15, 0.2) is 5.82 Å². The summed E-state index contributed by atoms with van der Waals surface area (Å²) in [5.41, 5.74) is 8.11. The Balaban J connectivity index is 2.19. The van der Waals surface area contributed by atoms with E-state index in [1.807, 2.05) is 31.3 Å². The molecule has 0 saturated carbocycles. The van der Waals surface area contributed by atoms with Crippen LogP contribution in [-0.4, -0.2) is 35.7 Å². The summed E-state index contributed by atoms with van der Waals surface area (Å²) in [7, 11) is 3.92. The van der Waals surface area contributed by atoms with Crippen molar-refractivity contribution in [2.75, 3.05) is 20.6 Å². The molecule has 2 N–H and O–H groups in total. The Kier molecular flexibility index (Phi) is 3.56. The van der Waals surface area contributed by atoms with Crippen LogP contribution in [0.4, 0.5) is 0 Å². The topological polar surface area (TPSA) is 68.2 Å². The van der Waals surface area contributed by atoms with Gasteiger partial charge in [-0.1, -0.05) is 5.16 Å². The molecule has 1 unspecified atom stereocenters. The normalized spacial score (nSPS) is 13.2. The van der Waals surface area contributed by atoms with Gasteiger partial charge in [-0.15, -0.1) is 0 Å². The third-order valence-corrected chi connectivity index (χ3v) is 3.28. The number of thiophene rings is 1. The van der Waals surface area contributed by atoms with Crippen LogP contribution >= 0.6 is 11.3 Å². The van der Waals surface area contributed by atoms with E-state index in [1.165, 1.54) is 0 Å². The number of aryl methyl sites for hydroxylation is 1. The van der Waals surface area contributed by atoms with Crippen LogP contribution in [0.3, 0.4) is 0 Å². The highest BCUT2D eigenvalue weighted by atomic mass is 32.1. The standard InChI is InChI=1S/C11H16N4OS/c1-7-5-17-6-8(7)11-13-10(14-16-11)9(12)4-15(2)3/h5-6,9H,4,12H2,1-3H3. The van der Waals surface area contributed by atoms with Gasteiger partial charge in [0.05, 0.1) is 11.6 Å². The molecular formula is C11H16N4OS. The molecule has 2 rings (SSSR count). The van der Waals surface area contributed by atoms with E-state index >= 15 is 0 Å². The Morgan fingerprint density at radius 2 is 2.24 bits per heavy atom. The lowest BCUT2D eigenvalue weighted by Gasteiger charge is -2.12. The largest absolute Gasteiger partial charge is 0.334 e. The van der Waals surface area contributed by atoms with Crippen LogP contribution < -0.4 is 5.73 Å². The van der Waals surface area contributed by atoms with Crippen molar-refractivity contribution >= 4 is 11.3 Å². The van der Waals surface area contributed by atoms with Crippen molar-refractivity contribution in [2.45, 2.75) is 13.0 Å². The molecule has 0 aliphatic heterocycles. The summed E-state index contributed by atoms with van der Waals surface area (Å²) in [5, 5.41) is 7.99. The first-order chi connectivity index (χ1) is 8.08. The van der Waals surface area contributed by atoms with E-state index in [9.17, 15) is 0 Å². The van der Waals surface area contributed by atoms with Gasteiger partial charge in [0.25, 0.3) is 5.89 Å². The van der Waals surface area contributed by atoms with Crippen molar-refractivity contribution in [2.24, 2.45) is 5.73 Å². The second-order valence-electron chi connectivity index (χ2n) is 4.29. The van der Waals surface area contributed by atoms with E-state index in [0.29, 0.717) is 18.3 Å². The van der Waals surface area contributed by atoms with Gasteiger partial charge in [-0.3, -0.25) is 0 Å². The van der Waals surface area contributed by atoms with E-state index in [0.717, 1.165) is 11.1 Å². The molecule has 2 aromatic rings. The molecule has 2 heterocycles. The van der Waals surface area contributed by atoms with Crippen molar-refractivity contribution in [1.29, 1.82) is 0 Å². The third kappa shape index (κ3) is 2.71. The fourth-order valence-corrected chi connectivity index (χ4v) is 2.37. The highest BCUT2D eigenvalue weighted by Gasteiger charge is 2.17. The fraction of sp³-hybridized carbons (Fsp3) is 0.455. The predicted molar refractivity (Wildman–Crippen MR) is 67.8 cm³/mol. The summed E-state index contributed by atoms with van der Waals surface area (Å²) in [4.78, 5) is 6.34. The summed E-state index contributed by atoms with van der Waals surface area (Å²) < 4.78 is 5.24. The molecule has 0 fully saturated rings. The highest BCUT2D eigenvalue weighted by Crippen LogP contribution is 2.25. The lowest BCUT2D eigenvalue weighted by Crippen LogP contribution is -2.26. The summed E-state index contributed by atoms with van der Waals surface area (Å²) >= 11 is 1.62. The Morgan fingerprint density at radius 1 is 1.47 bits per heavy atom. The first kappa shape index (κ1) is 12.2. The molecule has 5 nitrogen and oxygen atoms in total. The molecule has 0 spiro atoms. The maximum atomic E-state index is 5.98.